The van der Waals surface area contributed by atoms with Crippen LogP contribution in [-0.2, 0) is 23.9 Å². The molecule has 3 fully saturated rings. The van der Waals surface area contributed by atoms with Crippen LogP contribution in [0.25, 0.3) is 6.08 Å². The van der Waals surface area contributed by atoms with Crippen LogP contribution in [0.1, 0.15) is 95.9 Å². The number of hydrogen-bond acceptors (Lipinski definition) is 7. The normalized spacial score (nSPS) is 33.2. The molecular weight excluding hydrogens is 628 g/mol. The Bertz CT molecular complexity index is 1630. The first-order chi connectivity index (χ1) is 23.4. The number of benzene rings is 1. The fourth-order valence-corrected chi connectivity index (χ4v) is 9.42. The van der Waals surface area contributed by atoms with Crippen LogP contribution in [0.2, 0.25) is 0 Å². The maximum Gasteiger partial charge on any atom is 0.344 e. The van der Waals surface area contributed by atoms with E-state index in [9.17, 15) is 19.5 Å². The van der Waals surface area contributed by atoms with Gasteiger partial charge in [-0.25, -0.2) is 9.59 Å². The number of ketones is 1. The summed E-state index contributed by atoms with van der Waals surface area (Å²) < 4.78 is 16.9. The van der Waals surface area contributed by atoms with Crippen molar-refractivity contribution in [2.24, 2.45) is 34.0 Å². The van der Waals surface area contributed by atoms with Crippen LogP contribution in [0.5, 0.6) is 5.75 Å². The summed E-state index contributed by atoms with van der Waals surface area (Å²) in [5, 5.41) is 11.8. The van der Waals surface area contributed by atoms with Crippen molar-refractivity contribution in [3.8, 4) is 5.75 Å². The maximum atomic E-state index is 13.6. The molecule has 272 valence electrons. The van der Waals surface area contributed by atoms with E-state index >= 15 is 0 Å². The van der Waals surface area contributed by atoms with Crippen molar-refractivity contribution in [2.75, 3.05) is 13.7 Å². The largest absolute Gasteiger partial charge is 0.496 e. The van der Waals surface area contributed by atoms with Crippen LogP contribution in [0, 0.1) is 54.8 Å². The molecule has 0 heterocycles. The lowest BCUT2D eigenvalue weighted by Gasteiger charge is -2.62. The Morgan fingerprint density at radius 2 is 1.76 bits per heavy atom. The molecule has 50 heavy (non-hydrogen) atoms. The Kier molecular flexibility index (Phi) is 11.9. The number of aryl methyl sites for hydroxylation is 1. The van der Waals surface area contributed by atoms with Crippen molar-refractivity contribution in [3.05, 3.63) is 82.5 Å². The molecule has 0 aliphatic heterocycles. The van der Waals surface area contributed by atoms with Crippen molar-refractivity contribution >= 4 is 23.8 Å². The van der Waals surface area contributed by atoms with Gasteiger partial charge < -0.3 is 19.3 Å². The predicted octanol–water partition coefficient (Wildman–Crippen LogP) is 8.53. The van der Waals surface area contributed by atoms with Crippen LogP contribution in [0.15, 0.2) is 60.2 Å². The SMILES string of the molecule is C=C[C@]1(C)C[C@@H](OC(=O)COC(=O)/C=C(C)/C=C/C=C(C)/C=C/c2c(C)cc(OC)c(C)c2C)C2(C)CC[C@@H](C)C3(CCC(=O)[C@@H]23)[C@@H](C)[C@@H]1O. The molecule has 0 amide bonds. The molecule has 0 spiro atoms. The van der Waals surface area contributed by atoms with Gasteiger partial charge >= 0.3 is 11.9 Å². The zero-order valence-corrected chi connectivity index (χ0v) is 31.9. The van der Waals surface area contributed by atoms with Crippen LogP contribution in [-0.4, -0.2) is 48.8 Å². The molecule has 2 bridgehead atoms. The first-order valence-electron chi connectivity index (χ1n) is 18.0. The number of aliphatic hydroxyl groups excluding tert-OH is 1. The summed E-state index contributed by atoms with van der Waals surface area (Å²) in [4.78, 5) is 39.5. The van der Waals surface area contributed by atoms with E-state index in [2.05, 4.69) is 60.3 Å². The Morgan fingerprint density at radius 3 is 2.42 bits per heavy atom. The van der Waals surface area contributed by atoms with Gasteiger partial charge in [-0.1, -0.05) is 69.7 Å². The number of ether oxygens (including phenoxy) is 3. The second-order valence-corrected chi connectivity index (χ2v) is 15.7. The molecule has 7 nitrogen and oxygen atoms in total. The minimum atomic E-state index is -0.750. The lowest BCUT2D eigenvalue weighted by molar-refractivity contribution is -0.206. The van der Waals surface area contributed by atoms with E-state index in [1.807, 2.05) is 32.1 Å². The molecule has 0 saturated heterocycles. The number of hydrogen-bond donors (Lipinski definition) is 1. The summed E-state index contributed by atoms with van der Waals surface area (Å²) >= 11 is 0. The quantitative estimate of drug-likeness (QED) is 0.114. The summed E-state index contributed by atoms with van der Waals surface area (Å²) in [6, 6.07) is 2.05. The lowest BCUT2D eigenvalue weighted by Crippen LogP contribution is -2.63. The predicted molar refractivity (Wildman–Crippen MR) is 198 cm³/mol. The number of carbonyl (C=O) groups is 3. The van der Waals surface area contributed by atoms with Crippen LogP contribution in [0.3, 0.4) is 0 Å². The van der Waals surface area contributed by atoms with E-state index in [4.69, 9.17) is 14.2 Å². The van der Waals surface area contributed by atoms with Gasteiger partial charge in [0.1, 0.15) is 17.6 Å². The van der Waals surface area contributed by atoms with Gasteiger partial charge in [0.2, 0.25) is 0 Å². The van der Waals surface area contributed by atoms with Crippen LogP contribution < -0.4 is 4.74 Å². The first-order valence-corrected chi connectivity index (χ1v) is 18.0. The summed E-state index contributed by atoms with van der Waals surface area (Å²) in [5.74, 6) is -0.422. The average Bonchev–Trinajstić information content (AvgIpc) is 3.44. The van der Waals surface area contributed by atoms with Gasteiger partial charge in [0.25, 0.3) is 0 Å². The van der Waals surface area contributed by atoms with Gasteiger partial charge in [-0.2, -0.15) is 0 Å². The molecule has 2 unspecified atom stereocenters. The molecular formula is C43H58O7. The third-order valence-electron chi connectivity index (χ3n) is 12.7. The molecule has 4 rings (SSSR count). The highest BCUT2D eigenvalue weighted by Crippen LogP contribution is 2.68. The molecule has 7 heteroatoms. The molecule has 3 aliphatic rings. The van der Waals surface area contributed by atoms with E-state index in [0.717, 1.165) is 47.3 Å². The third kappa shape index (κ3) is 7.35. The molecule has 0 aromatic heterocycles. The monoisotopic (exact) mass is 686 g/mol. The minimum Gasteiger partial charge on any atom is -0.496 e. The lowest BCUT2D eigenvalue weighted by atomic mass is 9.43. The van der Waals surface area contributed by atoms with E-state index in [1.165, 1.54) is 11.6 Å². The zero-order chi connectivity index (χ0) is 37.2. The first kappa shape index (κ1) is 39.1. The van der Waals surface area contributed by atoms with E-state index in [1.54, 1.807) is 26.2 Å². The number of allylic oxidation sites excluding steroid dienone is 6. The summed E-state index contributed by atoms with van der Waals surface area (Å²) in [6.07, 6.45) is 14.6. The van der Waals surface area contributed by atoms with Gasteiger partial charge in [0, 0.05) is 29.2 Å². The number of rotatable bonds is 10. The average molecular weight is 687 g/mol. The maximum absolute atomic E-state index is 13.6. The molecule has 1 aromatic carbocycles. The number of Topliss-reactive ketones (excluding diaryl/α,β-unsaturated/α-hetero) is 1. The second-order valence-electron chi connectivity index (χ2n) is 15.7. The molecule has 3 saturated carbocycles. The second kappa shape index (κ2) is 15.3. The van der Waals surface area contributed by atoms with Crippen molar-refractivity contribution in [3.63, 3.8) is 0 Å². The van der Waals surface area contributed by atoms with Gasteiger partial charge in [-0.15, -0.1) is 6.58 Å². The Hall–Kier alpha value is -3.71. The van der Waals surface area contributed by atoms with Crippen molar-refractivity contribution in [1.82, 2.24) is 0 Å². The fraction of sp³-hybridized carbons (Fsp3) is 0.558. The van der Waals surface area contributed by atoms with Crippen LogP contribution >= 0.6 is 0 Å². The number of methoxy groups -OCH3 is 1. The number of aliphatic hydroxyl groups is 1. The molecule has 3 aliphatic carbocycles. The summed E-state index contributed by atoms with van der Waals surface area (Å²) in [7, 11) is 1.69. The molecule has 1 aromatic rings. The number of carbonyl (C=O) groups excluding carboxylic acids is 3. The zero-order valence-electron chi connectivity index (χ0n) is 31.9. The summed E-state index contributed by atoms with van der Waals surface area (Å²) in [6.45, 7) is 21.8. The molecule has 8 atom stereocenters. The van der Waals surface area contributed by atoms with E-state index < -0.39 is 41.6 Å². The topological polar surface area (TPSA) is 99.1 Å². The van der Waals surface area contributed by atoms with E-state index in [0.29, 0.717) is 18.4 Å². The smallest absolute Gasteiger partial charge is 0.344 e. The van der Waals surface area contributed by atoms with Crippen molar-refractivity contribution in [1.29, 1.82) is 0 Å². The van der Waals surface area contributed by atoms with E-state index in [-0.39, 0.29) is 29.0 Å². The minimum absolute atomic E-state index is 0.119. The Morgan fingerprint density at radius 1 is 1.06 bits per heavy atom. The van der Waals surface area contributed by atoms with Crippen molar-refractivity contribution < 1.29 is 33.7 Å². The third-order valence-corrected chi connectivity index (χ3v) is 12.7. The highest BCUT2D eigenvalue weighted by atomic mass is 16.6. The summed E-state index contributed by atoms with van der Waals surface area (Å²) in [5.41, 5.74) is 4.59. The molecule has 0 radical (unpaired) electrons. The Labute approximate surface area is 299 Å². The van der Waals surface area contributed by atoms with Crippen LogP contribution in [0.4, 0.5) is 0 Å². The Balaban J connectivity index is 1.41. The number of esters is 2. The van der Waals surface area contributed by atoms with Gasteiger partial charge in [-0.05, 0) is 111 Å². The highest BCUT2D eigenvalue weighted by Gasteiger charge is 2.68. The fourth-order valence-electron chi connectivity index (χ4n) is 9.42. The van der Waals surface area contributed by atoms with Gasteiger partial charge in [-0.3, -0.25) is 4.79 Å². The molecule has 1 N–H and O–H groups in total. The van der Waals surface area contributed by atoms with Gasteiger partial charge in [0.15, 0.2) is 6.61 Å². The van der Waals surface area contributed by atoms with Crippen molar-refractivity contribution in [2.45, 2.75) is 107 Å². The highest BCUT2D eigenvalue weighted by molar-refractivity contribution is 5.86. The van der Waals surface area contributed by atoms with Gasteiger partial charge in [0.05, 0.1) is 13.2 Å². The standard InChI is InChI=1S/C43H58O7/c1-12-41(9)24-36(42(10)20-18-29(5)43(32(8)40(41)47)21-19-34(44)39(42)43)50-38(46)25-49-37(45)22-27(3)15-13-14-26(2)16-17-33-28(4)23-35(48-11)31(7)30(33)6/h12-17,22-23,29,32,36,39-40,47H,1,18-21,24-25H2,2-11H3/b15-13+,17-16+,26-14+,27-22+/t29-,32+,36-,39+,40+,41-,42?,43?/m1/s1.